The van der Waals surface area contributed by atoms with Gasteiger partial charge in [0.2, 0.25) is 35.4 Å². The lowest BCUT2D eigenvalue weighted by molar-refractivity contribution is -0.129. The normalized spacial score (nSPS) is 8.87. The lowest BCUT2D eigenvalue weighted by atomic mass is 10.6. The van der Waals surface area contributed by atoms with Crippen LogP contribution in [0.25, 0.3) is 0 Å². The maximum absolute atomic E-state index is 10.9. The highest BCUT2D eigenvalue weighted by Crippen LogP contribution is 1.98. The van der Waals surface area contributed by atoms with Gasteiger partial charge in [0.25, 0.3) is 0 Å². The molecule has 0 radical (unpaired) electrons. The predicted molar refractivity (Wildman–Crippen MR) is 87.6 cm³/mol. The van der Waals surface area contributed by atoms with E-state index in [-0.39, 0.29) is 29.1 Å². The average Bonchev–Trinajstić information content (AvgIpc) is 2.36. The Kier molecular flexibility index (Phi) is 14.0. The summed E-state index contributed by atoms with van der Waals surface area (Å²) in [6, 6.07) is 0. The van der Waals surface area contributed by atoms with Gasteiger partial charge in [-0.1, -0.05) is 0 Å². The van der Waals surface area contributed by atoms with Gasteiger partial charge < -0.3 is 0 Å². The fourth-order valence-electron chi connectivity index (χ4n) is 0.937. The van der Waals surface area contributed by atoms with Gasteiger partial charge in [0, 0.05) is 20.8 Å². The maximum atomic E-state index is 10.9. The Bertz CT molecular complexity index is 453. The zero-order valence-corrected chi connectivity index (χ0v) is 14.6. The molecule has 0 aromatic carbocycles. The first-order valence-corrected chi connectivity index (χ1v) is 7.97. The lowest BCUT2D eigenvalue weighted by Gasteiger charge is -2.01. The molecular formula is C12H19N3O6S2. The predicted octanol–water partition coefficient (Wildman–Crippen LogP) is -1.38. The summed E-state index contributed by atoms with van der Waals surface area (Å²) in [6.07, 6.45) is 0. The first-order valence-electron chi connectivity index (χ1n) is 6.18. The molecule has 0 bridgehead atoms. The smallest absolute Gasteiger partial charge is 0.236 e. The van der Waals surface area contributed by atoms with E-state index in [0.29, 0.717) is 0 Å². The minimum absolute atomic E-state index is 0.00487. The zero-order valence-electron chi connectivity index (χ0n) is 12.9. The fraction of sp³-hybridized carbons (Fsp3) is 0.500. The van der Waals surface area contributed by atoms with Crippen LogP contribution in [0.3, 0.4) is 0 Å². The van der Waals surface area contributed by atoms with E-state index in [1.165, 1.54) is 20.8 Å². The van der Waals surface area contributed by atoms with E-state index < -0.39 is 23.6 Å². The topological polar surface area (TPSA) is 139 Å². The third-order valence-electron chi connectivity index (χ3n) is 1.56. The molecule has 0 heterocycles. The third-order valence-corrected chi connectivity index (χ3v) is 2.78. The molecule has 0 saturated carbocycles. The number of carbonyl (C=O) groups is 6. The monoisotopic (exact) mass is 365 g/mol. The Morgan fingerprint density at radius 3 is 1.22 bits per heavy atom. The highest BCUT2D eigenvalue weighted by Gasteiger charge is 2.07. The Morgan fingerprint density at radius 1 is 0.696 bits per heavy atom. The molecule has 0 aliphatic rings. The van der Waals surface area contributed by atoms with Gasteiger partial charge in [-0.15, -0.1) is 11.8 Å². The summed E-state index contributed by atoms with van der Waals surface area (Å²) in [6.45, 7) is 3.73. The molecule has 0 aliphatic carbocycles. The summed E-state index contributed by atoms with van der Waals surface area (Å²) in [7, 11) is 0. The molecule has 6 amide bonds. The van der Waals surface area contributed by atoms with E-state index in [9.17, 15) is 28.8 Å². The Morgan fingerprint density at radius 2 is 1.00 bits per heavy atom. The van der Waals surface area contributed by atoms with Gasteiger partial charge in [-0.25, -0.2) is 0 Å². The van der Waals surface area contributed by atoms with Crippen LogP contribution in [0.5, 0.6) is 0 Å². The largest absolute Gasteiger partial charge is 0.296 e. The van der Waals surface area contributed by atoms with E-state index in [1.54, 1.807) is 0 Å². The Balaban J connectivity index is 0. The van der Waals surface area contributed by atoms with E-state index in [2.05, 4.69) is 23.3 Å². The van der Waals surface area contributed by atoms with Crippen molar-refractivity contribution in [3.05, 3.63) is 0 Å². The van der Waals surface area contributed by atoms with Crippen molar-refractivity contribution in [2.75, 3.05) is 17.3 Å². The van der Waals surface area contributed by atoms with Gasteiger partial charge in [0.15, 0.2) is 0 Å². The number of thiol groups is 1. The quantitative estimate of drug-likeness (QED) is 0.441. The number of amides is 6. The molecule has 0 aromatic rings. The van der Waals surface area contributed by atoms with Crippen LogP contribution in [-0.2, 0) is 28.8 Å². The minimum atomic E-state index is -0.455. The molecule has 0 rings (SSSR count). The molecule has 3 N–H and O–H groups in total. The van der Waals surface area contributed by atoms with E-state index >= 15 is 0 Å². The standard InChI is InChI=1S/C8H12N2O4S.C4H7NO2S/c1-5(11)9-7(13)3-15-4-8(14)10-6(2)12;1-3(6)5-4(7)2-8/h3-4H2,1-2H3,(H,9,11,13)(H,10,12,14);8H,2H2,1H3,(H,5,6,7). The molecule has 0 aromatic heterocycles. The van der Waals surface area contributed by atoms with Crippen molar-refractivity contribution >= 4 is 59.8 Å². The van der Waals surface area contributed by atoms with Crippen molar-refractivity contribution in [1.82, 2.24) is 16.0 Å². The summed E-state index contributed by atoms with van der Waals surface area (Å²) in [5.74, 6) is -2.42. The van der Waals surface area contributed by atoms with Crippen LogP contribution >= 0.6 is 24.4 Å². The van der Waals surface area contributed by atoms with Gasteiger partial charge in [-0.3, -0.25) is 44.7 Å². The summed E-state index contributed by atoms with van der Waals surface area (Å²) in [4.78, 5) is 62.9. The number of thioether (sulfide) groups is 1. The molecule has 11 heteroatoms. The SMILES string of the molecule is CC(=O)NC(=O)CS.CC(=O)NC(=O)CSCC(=O)NC(C)=O. The first kappa shape index (κ1) is 23.4. The molecule has 0 unspecified atom stereocenters. The van der Waals surface area contributed by atoms with Crippen molar-refractivity contribution in [2.24, 2.45) is 0 Å². The summed E-state index contributed by atoms with van der Waals surface area (Å²) in [5, 5.41) is 6.16. The molecule has 0 saturated heterocycles. The highest BCUT2D eigenvalue weighted by atomic mass is 32.2. The van der Waals surface area contributed by atoms with Crippen LogP contribution in [0.15, 0.2) is 0 Å². The van der Waals surface area contributed by atoms with Crippen LogP contribution in [-0.4, -0.2) is 52.7 Å². The molecule has 0 atom stereocenters. The summed E-state index contributed by atoms with van der Waals surface area (Å²) in [5.41, 5.74) is 0. The zero-order chi connectivity index (χ0) is 18.4. The number of carbonyl (C=O) groups excluding carboxylic acids is 6. The van der Waals surface area contributed by atoms with Crippen molar-refractivity contribution < 1.29 is 28.8 Å². The third kappa shape index (κ3) is 20.1. The maximum Gasteiger partial charge on any atom is 0.236 e. The van der Waals surface area contributed by atoms with Crippen LogP contribution in [0.1, 0.15) is 20.8 Å². The van der Waals surface area contributed by atoms with Crippen LogP contribution in [0.4, 0.5) is 0 Å². The van der Waals surface area contributed by atoms with Crippen LogP contribution < -0.4 is 16.0 Å². The van der Waals surface area contributed by atoms with Gasteiger partial charge in [-0.2, -0.15) is 12.6 Å². The number of rotatable bonds is 5. The van der Waals surface area contributed by atoms with Gasteiger partial charge >= 0.3 is 0 Å². The molecule has 9 nitrogen and oxygen atoms in total. The van der Waals surface area contributed by atoms with Crippen molar-refractivity contribution in [2.45, 2.75) is 20.8 Å². The van der Waals surface area contributed by atoms with Crippen molar-refractivity contribution in [1.29, 1.82) is 0 Å². The molecule has 0 aliphatic heterocycles. The summed E-state index contributed by atoms with van der Waals surface area (Å²) >= 11 is 4.65. The number of hydrogen-bond acceptors (Lipinski definition) is 8. The van der Waals surface area contributed by atoms with Gasteiger partial charge in [0.1, 0.15) is 0 Å². The van der Waals surface area contributed by atoms with Crippen LogP contribution in [0, 0.1) is 0 Å². The first-order chi connectivity index (χ1) is 10.6. The average molecular weight is 365 g/mol. The summed E-state index contributed by atoms with van der Waals surface area (Å²) < 4.78 is 0. The van der Waals surface area contributed by atoms with Crippen molar-refractivity contribution in [3.8, 4) is 0 Å². The second kappa shape index (κ2) is 13.8. The molecule has 0 fully saturated rings. The van der Waals surface area contributed by atoms with E-state index in [4.69, 9.17) is 0 Å². The van der Waals surface area contributed by atoms with Gasteiger partial charge in [-0.05, 0) is 0 Å². The Hall–Kier alpha value is -1.88. The van der Waals surface area contributed by atoms with E-state index in [1.807, 2.05) is 5.32 Å². The lowest BCUT2D eigenvalue weighted by Crippen LogP contribution is -2.32. The molecular weight excluding hydrogens is 346 g/mol. The molecule has 130 valence electrons. The highest BCUT2D eigenvalue weighted by molar-refractivity contribution is 8.00. The number of imide groups is 3. The molecule has 0 spiro atoms. The Labute approximate surface area is 143 Å². The van der Waals surface area contributed by atoms with E-state index in [0.717, 1.165) is 11.8 Å². The minimum Gasteiger partial charge on any atom is -0.296 e. The van der Waals surface area contributed by atoms with Crippen LogP contribution in [0.2, 0.25) is 0 Å². The number of hydrogen-bond donors (Lipinski definition) is 4. The molecule has 23 heavy (non-hydrogen) atoms. The number of nitrogens with one attached hydrogen (secondary N) is 3. The van der Waals surface area contributed by atoms with Crippen molar-refractivity contribution in [3.63, 3.8) is 0 Å². The van der Waals surface area contributed by atoms with Gasteiger partial charge in [0.05, 0.1) is 17.3 Å². The second-order valence-electron chi connectivity index (χ2n) is 3.96. The fourth-order valence-corrected chi connectivity index (χ4v) is 1.63. The second-order valence-corrected chi connectivity index (χ2v) is 5.27.